The van der Waals surface area contributed by atoms with E-state index in [-0.39, 0.29) is 6.04 Å². The topological polar surface area (TPSA) is 64.9 Å². The van der Waals surface area contributed by atoms with E-state index in [0.717, 1.165) is 12.8 Å². The summed E-state index contributed by atoms with van der Waals surface area (Å²) in [6.45, 7) is 4.19. The van der Waals surface area contributed by atoms with Crippen molar-refractivity contribution in [3.8, 4) is 0 Å². The molecule has 2 rings (SSSR count). The van der Waals surface area contributed by atoms with Crippen LogP contribution in [0.4, 0.5) is 0 Å². The lowest BCUT2D eigenvalue weighted by atomic mass is 10.2. The van der Waals surface area contributed by atoms with Gasteiger partial charge < -0.3 is 10.3 Å². The maximum absolute atomic E-state index is 5.95. The van der Waals surface area contributed by atoms with E-state index >= 15 is 0 Å². The third-order valence-electron chi connectivity index (χ3n) is 2.85. The number of hydrogen-bond acceptors (Lipinski definition) is 5. The summed E-state index contributed by atoms with van der Waals surface area (Å²) in [6.07, 6.45) is 1.88. The molecular weight excluding hydrogens is 258 g/mol. The van der Waals surface area contributed by atoms with Gasteiger partial charge in [-0.1, -0.05) is 36.7 Å². The zero-order valence-electron chi connectivity index (χ0n) is 11.3. The Morgan fingerprint density at radius 1 is 1.37 bits per heavy atom. The van der Waals surface area contributed by atoms with Crippen LogP contribution in [0.2, 0.25) is 0 Å². The molecule has 19 heavy (non-hydrogen) atoms. The van der Waals surface area contributed by atoms with E-state index in [9.17, 15) is 0 Å². The van der Waals surface area contributed by atoms with Crippen LogP contribution in [0.15, 0.2) is 33.7 Å². The van der Waals surface area contributed by atoms with Crippen molar-refractivity contribution in [3.63, 3.8) is 0 Å². The molecule has 0 amide bonds. The van der Waals surface area contributed by atoms with Gasteiger partial charge in [-0.15, -0.1) is 11.8 Å². The van der Waals surface area contributed by atoms with Crippen LogP contribution in [0.5, 0.6) is 0 Å². The van der Waals surface area contributed by atoms with Crippen LogP contribution in [0.1, 0.15) is 43.1 Å². The molecule has 102 valence electrons. The fraction of sp³-hybridized carbons (Fsp3) is 0.429. The van der Waals surface area contributed by atoms with Crippen LogP contribution < -0.4 is 5.73 Å². The van der Waals surface area contributed by atoms with E-state index in [1.54, 1.807) is 11.8 Å². The fourth-order valence-electron chi connectivity index (χ4n) is 1.77. The third kappa shape index (κ3) is 3.81. The van der Waals surface area contributed by atoms with Crippen LogP contribution in [0, 0.1) is 6.92 Å². The van der Waals surface area contributed by atoms with Crippen LogP contribution in [0.25, 0.3) is 0 Å². The molecule has 0 fully saturated rings. The molecule has 0 radical (unpaired) electrons. The monoisotopic (exact) mass is 277 g/mol. The molecule has 0 saturated heterocycles. The average molecular weight is 277 g/mol. The maximum Gasteiger partial charge on any atom is 0.243 e. The smallest absolute Gasteiger partial charge is 0.243 e. The van der Waals surface area contributed by atoms with Crippen LogP contribution in [0.3, 0.4) is 0 Å². The second-order valence-corrected chi connectivity index (χ2v) is 5.52. The minimum absolute atomic E-state index is 0.144. The van der Waals surface area contributed by atoms with Crippen molar-refractivity contribution in [2.24, 2.45) is 5.73 Å². The zero-order chi connectivity index (χ0) is 13.7. The third-order valence-corrected chi connectivity index (χ3v) is 4.02. The molecule has 0 aliphatic heterocycles. The summed E-state index contributed by atoms with van der Waals surface area (Å²) in [4.78, 5) is 5.59. The fourth-order valence-corrected chi connectivity index (χ4v) is 2.64. The Hall–Kier alpha value is -1.33. The molecular formula is C14H19N3OS. The molecule has 0 bridgehead atoms. The maximum atomic E-state index is 5.95. The quantitative estimate of drug-likeness (QED) is 0.819. The summed E-state index contributed by atoms with van der Waals surface area (Å²) in [5.41, 5.74) is 7.21. The molecule has 0 aliphatic rings. The molecule has 1 atom stereocenters. The van der Waals surface area contributed by atoms with Gasteiger partial charge in [0.15, 0.2) is 5.82 Å². The lowest BCUT2D eigenvalue weighted by Gasteiger charge is -2.03. The van der Waals surface area contributed by atoms with Gasteiger partial charge in [0.2, 0.25) is 5.89 Å². The normalized spacial score (nSPS) is 12.6. The number of nitrogens with zero attached hydrogens (tertiary/aromatic N) is 2. The van der Waals surface area contributed by atoms with E-state index in [0.29, 0.717) is 17.5 Å². The highest BCUT2D eigenvalue weighted by atomic mass is 32.2. The number of aromatic nitrogens is 2. The van der Waals surface area contributed by atoms with E-state index < -0.39 is 0 Å². The predicted octanol–water partition coefficient (Wildman–Crippen LogP) is 3.47. The standard InChI is InChI=1S/C14H19N3OS/c1-3-6-11(15)14-16-13(17-18-14)9-19-12-8-5-4-7-10(12)2/h4-5,7-8,11H,3,6,9,15H2,1-2H3/t11-/m0/s1. The molecule has 1 aromatic carbocycles. The largest absolute Gasteiger partial charge is 0.338 e. The van der Waals surface area contributed by atoms with E-state index in [1.807, 2.05) is 12.1 Å². The van der Waals surface area contributed by atoms with Crippen molar-refractivity contribution in [3.05, 3.63) is 41.5 Å². The summed E-state index contributed by atoms with van der Waals surface area (Å²) in [6, 6.07) is 8.13. The average Bonchev–Trinajstić information content (AvgIpc) is 2.87. The summed E-state index contributed by atoms with van der Waals surface area (Å²) >= 11 is 1.71. The van der Waals surface area contributed by atoms with E-state index in [4.69, 9.17) is 10.3 Å². The van der Waals surface area contributed by atoms with Crippen molar-refractivity contribution in [2.45, 2.75) is 43.4 Å². The van der Waals surface area contributed by atoms with Gasteiger partial charge in [0.1, 0.15) is 0 Å². The van der Waals surface area contributed by atoms with E-state index in [2.05, 4.69) is 36.1 Å². The minimum Gasteiger partial charge on any atom is -0.338 e. The zero-order valence-corrected chi connectivity index (χ0v) is 12.1. The van der Waals surface area contributed by atoms with Gasteiger partial charge >= 0.3 is 0 Å². The first-order valence-electron chi connectivity index (χ1n) is 6.47. The lowest BCUT2D eigenvalue weighted by molar-refractivity contribution is 0.345. The Bertz CT molecular complexity index is 527. The predicted molar refractivity (Wildman–Crippen MR) is 76.9 cm³/mol. The molecule has 2 N–H and O–H groups in total. The molecule has 0 saturated carbocycles. The second kappa shape index (κ2) is 6.73. The van der Waals surface area contributed by atoms with Crippen LogP contribution in [-0.4, -0.2) is 10.1 Å². The van der Waals surface area contributed by atoms with Crippen molar-refractivity contribution in [2.75, 3.05) is 0 Å². The van der Waals surface area contributed by atoms with Gasteiger partial charge in [0.05, 0.1) is 11.8 Å². The first kappa shape index (κ1) is 14.1. The molecule has 1 aromatic heterocycles. The Balaban J connectivity index is 1.95. The van der Waals surface area contributed by atoms with Gasteiger partial charge in [-0.05, 0) is 25.0 Å². The first-order valence-corrected chi connectivity index (χ1v) is 7.45. The lowest BCUT2D eigenvalue weighted by Crippen LogP contribution is -2.10. The van der Waals surface area contributed by atoms with Gasteiger partial charge in [0.25, 0.3) is 0 Å². The summed E-state index contributed by atoms with van der Waals surface area (Å²) in [5, 5.41) is 3.98. The Kier molecular flexibility index (Phi) is 4.99. The number of rotatable bonds is 6. The molecule has 0 aliphatic carbocycles. The number of aryl methyl sites for hydroxylation is 1. The number of thioether (sulfide) groups is 1. The van der Waals surface area contributed by atoms with Crippen molar-refractivity contribution in [1.82, 2.24) is 10.1 Å². The van der Waals surface area contributed by atoms with Crippen LogP contribution in [-0.2, 0) is 5.75 Å². The highest BCUT2D eigenvalue weighted by molar-refractivity contribution is 7.98. The van der Waals surface area contributed by atoms with Crippen molar-refractivity contribution >= 4 is 11.8 Å². The Labute approximate surface area is 117 Å². The summed E-state index contributed by atoms with van der Waals surface area (Å²) in [5.74, 6) is 1.95. The molecule has 4 nitrogen and oxygen atoms in total. The van der Waals surface area contributed by atoms with Crippen molar-refractivity contribution in [1.29, 1.82) is 0 Å². The van der Waals surface area contributed by atoms with Gasteiger partial charge in [0, 0.05) is 4.90 Å². The minimum atomic E-state index is -0.144. The highest BCUT2D eigenvalue weighted by Crippen LogP contribution is 2.25. The van der Waals surface area contributed by atoms with E-state index in [1.165, 1.54) is 10.5 Å². The molecule has 2 aromatic rings. The van der Waals surface area contributed by atoms with Gasteiger partial charge in [-0.25, -0.2) is 0 Å². The summed E-state index contributed by atoms with van der Waals surface area (Å²) in [7, 11) is 0. The highest BCUT2D eigenvalue weighted by Gasteiger charge is 2.14. The first-order chi connectivity index (χ1) is 9.20. The Morgan fingerprint density at radius 3 is 2.89 bits per heavy atom. The van der Waals surface area contributed by atoms with Gasteiger partial charge in [-0.3, -0.25) is 0 Å². The SMILES string of the molecule is CCC[C@H](N)c1nc(CSc2ccccc2C)no1. The van der Waals surface area contributed by atoms with Crippen LogP contribution >= 0.6 is 11.8 Å². The molecule has 1 heterocycles. The Morgan fingerprint density at radius 2 is 2.16 bits per heavy atom. The number of nitrogens with two attached hydrogens (primary N) is 1. The summed E-state index contributed by atoms with van der Waals surface area (Å²) < 4.78 is 5.20. The molecule has 0 unspecified atom stereocenters. The van der Waals surface area contributed by atoms with Crippen molar-refractivity contribution < 1.29 is 4.52 Å². The second-order valence-electron chi connectivity index (χ2n) is 4.50. The molecule has 0 spiro atoms. The van der Waals surface area contributed by atoms with Gasteiger partial charge in [-0.2, -0.15) is 4.98 Å². The number of benzene rings is 1. The molecule has 5 heteroatoms. The number of hydrogen-bond donors (Lipinski definition) is 1.